The quantitative estimate of drug-likeness (QED) is 0.322. The Labute approximate surface area is 185 Å². The highest BCUT2D eigenvalue weighted by molar-refractivity contribution is 7.99. The van der Waals surface area contributed by atoms with E-state index in [0.29, 0.717) is 16.5 Å². The Balaban J connectivity index is 1.34. The Hall–Kier alpha value is -3.10. The highest BCUT2D eigenvalue weighted by atomic mass is 32.2. The SMILES string of the molecule is COc1ccc(C(=O)CSc2nccc(Nc3ccc(N4CCOCC4)cc3)n2)cc1. The lowest BCUT2D eigenvalue weighted by molar-refractivity contribution is 0.102. The number of thioether (sulfide) groups is 1. The number of nitrogens with zero attached hydrogens (tertiary/aromatic N) is 3. The number of ketones is 1. The van der Waals surface area contributed by atoms with Crippen LogP contribution in [0.2, 0.25) is 0 Å². The number of hydrogen-bond acceptors (Lipinski definition) is 8. The van der Waals surface area contributed by atoms with E-state index in [2.05, 4.69) is 32.3 Å². The molecule has 1 N–H and O–H groups in total. The van der Waals surface area contributed by atoms with E-state index >= 15 is 0 Å². The fraction of sp³-hybridized carbons (Fsp3) is 0.261. The van der Waals surface area contributed by atoms with Crippen LogP contribution < -0.4 is 15.0 Å². The molecule has 0 radical (unpaired) electrons. The van der Waals surface area contributed by atoms with Gasteiger partial charge in [-0.05, 0) is 54.6 Å². The van der Waals surface area contributed by atoms with E-state index in [1.54, 1.807) is 37.6 Å². The van der Waals surface area contributed by atoms with Crippen molar-refractivity contribution in [3.8, 4) is 5.75 Å². The van der Waals surface area contributed by atoms with Gasteiger partial charge in [-0.1, -0.05) is 11.8 Å². The first-order valence-corrected chi connectivity index (χ1v) is 11.0. The van der Waals surface area contributed by atoms with E-state index in [0.717, 1.165) is 37.7 Å². The number of methoxy groups -OCH3 is 1. The predicted octanol–water partition coefficient (Wildman–Crippen LogP) is 4.04. The molecule has 1 aromatic heterocycles. The summed E-state index contributed by atoms with van der Waals surface area (Å²) in [5.41, 5.74) is 2.77. The van der Waals surface area contributed by atoms with Crippen LogP contribution in [0, 0.1) is 0 Å². The van der Waals surface area contributed by atoms with Crippen LogP contribution in [0.15, 0.2) is 66.0 Å². The Kier molecular flexibility index (Phi) is 7.01. The van der Waals surface area contributed by atoms with Crippen molar-refractivity contribution in [1.29, 1.82) is 0 Å². The van der Waals surface area contributed by atoms with Gasteiger partial charge < -0.3 is 19.7 Å². The number of benzene rings is 2. The van der Waals surface area contributed by atoms with Crippen LogP contribution in [0.4, 0.5) is 17.2 Å². The summed E-state index contributed by atoms with van der Waals surface area (Å²) in [6, 6.07) is 17.2. The summed E-state index contributed by atoms with van der Waals surface area (Å²) in [4.78, 5) is 23.5. The molecule has 31 heavy (non-hydrogen) atoms. The van der Waals surface area contributed by atoms with Gasteiger partial charge in [-0.3, -0.25) is 4.79 Å². The molecule has 3 aromatic rings. The molecule has 8 heteroatoms. The summed E-state index contributed by atoms with van der Waals surface area (Å²) in [6.45, 7) is 3.35. The normalized spacial score (nSPS) is 13.6. The van der Waals surface area contributed by atoms with Crippen LogP contribution in [0.5, 0.6) is 5.75 Å². The zero-order valence-electron chi connectivity index (χ0n) is 17.3. The molecule has 0 amide bonds. The predicted molar refractivity (Wildman–Crippen MR) is 123 cm³/mol. The van der Waals surface area contributed by atoms with Crippen LogP contribution in [0.25, 0.3) is 0 Å². The molecule has 7 nitrogen and oxygen atoms in total. The van der Waals surface area contributed by atoms with E-state index in [-0.39, 0.29) is 11.5 Å². The topological polar surface area (TPSA) is 76.6 Å². The zero-order chi connectivity index (χ0) is 21.5. The minimum Gasteiger partial charge on any atom is -0.497 e. The molecule has 0 unspecified atom stereocenters. The minimum absolute atomic E-state index is 0.0216. The van der Waals surface area contributed by atoms with Gasteiger partial charge in [-0.2, -0.15) is 0 Å². The lowest BCUT2D eigenvalue weighted by atomic mass is 10.1. The van der Waals surface area contributed by atoms with Crippen molar-refractivity contribution in [2.24, 2.45) is 0 Å². The monoisotopic (exact) mass is 436 g/mol. The number of aromatic nitrogens is 2. The number of carbonyl (C=O) groups excluding carboxylic acids is 1. The minimum atomic E-state index is 0.0216. The van der Waals surface area contributed by atoms with Crippen molar-refractivity contribution in [2.75, 3.05) is 49.4 Å². The van der Waals surface area contributed by atoms with Crippen molar-refractivity contribution < 1.29 is 14.3 Å². The molecule has 4 rings (SSSR count). The van der Waals surface area contributed by atoms with Crippen molar-refractivity contribution in [1.82, 2.24) is 9.97 Å². The second-order valence-electron chi connectivity index (χ2n) is 6.94. The number of ether oxygens (including phenoxy) is 2. The molecule has 0 saturated carbocycles. The average Bonchev–Trinajstić information content (AvgIpc) is 2.84. The first-order chi connectivity index (χ1) is 15.2. The molecule has 0 aliphatic carbocycles. The van der Waals surface area contributed by atoms with Crippen molar-refractivity contribution in [3.63, 3.8) is 0 Å². The summed E-state index contributed by atoms with van der Waals surface area (Å²) in [5.74, 6) is 1.70. The number of morpholine rings is 1. The Morgan fingerprint density at radius 3 is 2.55 bits per heavy atom. The first kappa shape index (κ1) is 21.1. The van der Waals surface area contributed by atoms with E-state index in [1.807, 2.05) is 18.2 Å². The van der Waals surface area contributed by atoms with Gasteiger partial charge in [-0.15, -0.1) is 0 Å². The van der Waals surface area contributed by atoms with Crippen LogP contribution >= 0.6 is 11.8 Å². The van der Waals surface area contributed by atoms with Crippen molar-refractivity contribution >= 4 is 34.7 Å². The number of nitrogens with one attached hydrogen (secondary N) is 1. The maximum atomic E-state index is 12.4. The second kappa shape index (κ2) is 10.3. The van der Waals surface area contributed by atoms with Gasteiger partial charge in [0.25, 0.3) is 0 Å². The lowest BCUT2D eigenvalue weighted by Crippen LogP contribution is -2.36. The summed E-state index contributed by atoms with van der Waals surface area (Å²) in [5, 5.41) is 3.85. The number of rotatable bonds is 8. The third-order valence-electron chi connectivity index (χ3n) is 4.89. The Bertz CT molecular complexity index is 1010. The van der Waals surface area contributed by atoms with Crippen LogP contribution in [0.3, 0.4) is 0 Å². The molecule has 1 aliphatic rings. The third kappa shape index (κ3) is 5.74. The fourth-order valence-electron chi connectivity index (χ4n) is 3.20. The smallest absolute Gasteiger partial charge is 0.189 e. The molecule has 1 saturated heterocycles. The molecule has 0 spiro atoms. The molecule has 1 aliphatic heterocycles. The largest absolute Gasteiger partial charge is 0.497 e. The molecular formula is C23H24N4O3S. The maximum Gasteiger partial charge on any atom is 0.189 e. The molecule has 160 valence electrons. The average molecular weight is 437 g/mol. The second-order valence-corrected chi connectivity index (χ2v) is 7.88. The number of anilines is 3. The molecule has 2 aromatic carbocycles. The zero-order valence-corrected chi connectivity index (χ0v) is 18.1. The van der Waals surface area contributed by atoms with E-state index in [9.17, 15) is 4.79 Å². The summed E-state index contributed by atoms with van der Waals surface area (Å²) >= 11 is 1.32. The fourth-order valence-corrected chi connectivity index (χ4v) is 3.92. The van der Waals surface area contributed by atoms with Gasteiger partial charge in [0.15, 0.2) is 10.9 Å². The standard InChI is InChI=1S/C23H24N4O3S/c1-29-20-8-2-17(3-9-20)21(28)16-31-23-24-11-10-22(26-23)25-18-4-6-19(7-5-18)27-12-14-30-15-13-27/h2-11H,12-16H2,1H3,(H,24,25,26). The molecule has 1 fully saturated rings. The molecule has 2 heterocycles. The summed E-state index contributed by atoms with van der Waals surface area (Å²) in [7, 11) is 1.60. The maximum absolute atomic E-state index is 12.4. The van der Waals surface area contributed by atoms with Gasteiger partial charge in [0.1, 0.15) is 11.6 Å². The summed E-state index contributed by atoms with van der Waals surface area (Å²) < 4.78 is 10.5. The molecule has 0 bridgehead atoms. The number of Topliss-reactive ketones (excluding diaryl/α,β-unsaturated/α-hetero) is 1. The highest BCUT2D eigenvalue weighted by Crippen LogP contribution is 2.23. The van der Waals surface area contributed by atoms with Crippen LogP contribution in [-0.4, -0.2) is 54.9 Å². The lowest BCUT2D eigenvalue weighted by Gasteiger charge is -2.28. The van der Waals surface area contributed by atoms with E-state index in [4.69, 9.17) is 9.47 Å². The van der Waals surface area contributed by atoms with Gasteiger partial charge in [0.2, 0.25) is 0 Å². The van der Waals surface area contributed by atoms with Gasteiger partial charge in [0, 0.05) is 36.2 Å². The van der Waals surface area contributed by atoms with Crippen LogP contribution in [-0.2, 0) is 4.74 Å². The highest BCUT2D eigenvalue weighted by Gasteiger charge is 2.11. The Morgan fingerprint density at radius 1 is 1.10 bits per heavy atom. The summed E-state index contributed by atoms with van der Waals surface area (Å²) in [6.07, 6.45) is 1.69. The number of hydrogen-bond donors (Lipinski definition) is 1. The third-order valence-corrected chi connectivity index (χ3v) is 5.76. The van der Waals surface area contributed by atoms with Crippen LogP contribution in [0.1, 0.15) is 10.4 Å². The molecule has 0 atom stereocenters. The number of carbonyl (C=O) groups is 1. The first-order valence-electron chi connectivity index (χ1n) is 10.0. The molecular weight excluding hydrogens is 412 g/mol. The Morgan fingerprint density at radius 2 is 1.84 bits per heavy atom. The van der Waals surface area contributed by atoms with E-state index in [1.165, 1.54) is 17.4 Å². The van der Waals surface area contributed by atoms with Gasteiger partial charge in [0.05, 0.1) is 26.1 Å². The van der Waals surface area contributed by atoms with Crippen molar-refractivity contribution in [3.05, 3.63) is 66.4 Å². The van der Waals surface area contributed by atoms with Gasteiger partial charge in [-0.25, -0.2) is 9.97 Å². The van der Waals surface area contributed by atoms with E-state index < -0.39 is 0 Å². The van der Waals surface area contributed by atoms with Crippen molar-refractivity contribution in [2.45, 2.75) is 5.16 Å². The van der Waals surface area contributed by atoms with Gasteiger partial charge >= 0.3 is 0 Å².